The molecule has 1 aromatic carbocycles. The van der Waals surface area contributed by atoms with Gasteiger partial charge in [-0.2, -0.15) is 0 Å². The molecule has 0 fully saturated rings. The van der Waals surface area contributed by atoms with Crippen molar-refractivity contribution in [1.82, 2.24) is 0 Å². The Balaban J connectivity index is 0.000000258. The number of imide groups is 1. The van der Waals surface area contributed by atoms with Crippen molar-refractivity contribution in [2.45, 2.75) is 6.92 Å². The Kier molecular flexibility index (Phi) is 5.22. The molecule has 0 spiro atoms. The van der Waals surface area contributed by atoms with Crippen LogP contribution >= 0.6 is 0 Å². The average molecular weight is 259 g/mol. The van der Waals surface area contributed by atoms with E-state index in [1.807, 2.05) is 6.07 Å². The molecule has 19 heavy (non-hydrogen) atoms. The molecule has 0 saturated carbocycles. The molecule has 2 amide bonds. The van der Waals surface area contributed by atoms with Gasteiger partial charge < -0.3 is 4.74 Å². The third-order valence-corrected chi connectivity index (χ3v) is 2.07. The van der Waals surface area contributed by atoms with E-state index in [0.29, 0.717) is 5.69 Å². The molecule has 1 aliphatic heterocycles. The van der Waals surface area contributed by atoms with Gasteiger partial charge in [-0.25, -0.2) is 4.90 Å². The van der Waals surface area contributed by atoms with Crippen LogP contribution in [0.4, 0.5) is 5.69 Å². The first-order valence-electron chi connectivity index (χ1n) is 5.45. The molecular weight excluding hydrogens is 246 g/mol. The molecular formula is C14H13NO4. The van der Waals surface area contributed by atoms with Crippen LogP contribution in [0.5, 0.6) is 0 Å². The van der Waals surface area contributed by atoms with Crippen molar-refractivity contribution >= 4 is 23.5 Å². The number of carbonyl (C=O) groups is 3. The van der Waals surface area contributed by atoms with E-state index in [9.17, 15) is 14.4 Å². The number of para-hydroxylation sites is 1. The molecule has 1 aliphatic rings. The molecule has 0 radical (unpaired) electrons. The number of amides is 2. The summed E-state index contributed by atoms with van der Waals surface area (Å²) >= 11 is 0. The molecule has 5 heteroatoms. The van der Waals surface area contributed by atoms with Crippen LogP contribution in [0.3, 0.4) is 0 Å². The molecule has 1 aromatic rings. The first-order valence-corrected chi connectivity index (χ1v) is 5.45. The SMILES string of the molecule is C=COC(C)=O.O=C1C=CC(=O)N1c1ccccc1. The summed E-state index contributed by atoms with van der Waals surface area (Å²) < 4.78 is 4.17. The number of ether oxygens (including phenoxy) is 1. The highest BCUT2D eigenvalue weighted by atomic mass is 16.5. The average Bonchev–Trinajstić information content (AvgIpc) is 2.71. The van der Waals surface area contributed by atoms with E-state index in [1.54, 1.807) is 24.3 Å². The zero-order valence-corrected chi connectivity index (χ0v) is 10.4. The standard InChI is InChI=1S/C10H7NO2.C4H6O2/c12-9-6-7-10(13)11(9)8-4-2-1-3-5-8;1-3-6-4(2)5/h1-7H;3H,1H2,2H3. The van der Waals surface area contributed by atoms with Gasteiger partial charge in [0.05, 0.1) is 11.9 Å². The predicted molar refractivity (Wildman–Crippen MR) is 70.0 cm³/mol. The van der Waals surface area contributed by atoms with Crippen molar-refractivity contribution in [2.75, 3.05) is 4.90 Å². The zero-order chi connectivity index (χ0) is 14.3. The Bertz CT molecular complexity index is 502. The minimum Gasteiger partial charge on any atom is -0.435 e. The van der Waals surface area contributed by atoms with Gasteiger partial charge in [0.25, 0.3) is 11.8 Å². The lowest BCUT2D eigenvalue weighted by Gasteiger charge is -2.12. The first-order chi connectivity index (χ1) is 9.06. The topological polar surface area (TPSA) is 63.7 Å². The lowest BCUT2D eigenvalue weighted by atomic mass is 10.3. The van der Waals surface area contributed by atoms with Crippen molar-refractivity contribution in [3.63, 3.8) is 0 Å². The Morgan fingerprint density at radius 2 is 1.68 bits per heavy atom. The van der Waals surface area contributed by atoms with E-state index in [1.165, 1.54) is 19.1 Å². The molecule has 5 nitrogen and oxygen atoms in total. The van der Waals surface area contributed by atoms with Crippen LogP contribution < -0.4 is 4.90 Å². The number of benzene rings is 1. The van der Waals surface area contributed by atoms with Gasteiger partial charge in [-0.3, -0.25) is 14.4 Å². The second kappa shape index (κ2) is 6.90. The van der Waals surface area contributed by atoms with E-state index in [2.05, 4.69) is 11.3 Å². The number of esters is 1. The van der Waals surface area contributed by atoms with Gasteiger partial charge in [-0.05, 0) is 12.1 Å². The largest absolute Gasteiger partial charge is 0.435 e. The normalized spacial score (nSPS) is 12.8. The number of carbonyl (C=O) groups excluding carboxylic acids is 3. The van der Waals surface area contributed by atoms with E-state index < -0.39 is 0 Å². The van der Waals surface area contributed by atoms with Crippen LogP contribution in [0.25, 0.3) is 0 Å². The summed E-state index contributed by atoms with van der Waals surface area (Å²) in [6.45, 7) is 4.48. The van der Waals surface area contributed by atoms with Crippen molar-refractivity contribution in [3.05, 3.63) is 55.3 Å². The molecule has 0 aromatic heterocycles. The summed E-state index contributed by atoms with van der Waals surface area (Å²) in [5, 5.41) is 0. The quantitative estimate of drug-likeness (QED) is 0.461. The highest BCUT2D eigenvalue weighted by Gasteiger charge is 2.24. The summed E-state index contributed by atoms with van der Waals surface area (Å²) in [5.41, 5.74) is 0.613. The molecule has 0 N–H and O–H groups in total. The second-order valence-corrected chi connectivity index (χ2v) is 3.46. The van der Waals surface area contributed by atoms with Gasteiger partial charge in [0.2, 0.25) is 0 Å². The molecule has 0 bridgehead atoms. The summed E-state index contributed by atoms with van der Waals surface area (Å²) in [5.74, 6) is -0.891. The zero-order valence-electron chi connectivity index (χ0n) is 10.4. The van der Waals surface area contributed by atoms with Crippen molar-refractivity contribution < 1.29 is 19.1 Å². The van der Waals surface area contributed by atoms with E-state index >= 15 is 0 Å². The first kappa shape index (κ1) is 14.4. The van der Waals surface area contributed by atoms with Crippen molar-refractivity contribution in [3.8, 4) is 0 Å². The van der Waals surface area contributed by atoms with E-state index in [4.69, 9.17) is 0 Å². The predicted octanol–water partition coefficient (Wildman–Crippen LogP) is 1.81. The summed E-state index contributed by atoms with van der Waals surface area (Å²) in [4.78, 5) is 33.3. The fourth-order valence-electron chi connectivity index (χ4n) is 1.35. The fourth-order valence-corrected chi connectivity index (χ4v) is 1.35. The fraction of sp³-hybridized carbons (Fsp3) is 0.0714. The Labute approximate surface area is 110 Å². The van der Waals surface area contributed by atoms with Crippen LogP contribution in [0, 0.1) is 0 Å². The smallest absolute Gasteiger partial charge is 0.307 e. The van der Waals surface area contributed by atoms with Crippen LogP contribution in [0.2, 0.25) is 0 Å². The van der Waals surface area contributed by atoms with Crippen LogP contribution in [-0.2, 0) is 19.1 Å². The van der Waals surface area contributed by atoms with E-state index in [-0.39, 0.29) is 17.8 Å². The summed E-state index contributed by atoms with van der Waals surface area (Å²) in [6.07, 6.45) is 3.65. The van der Waals surface area contributed by atoms with Gasteiger partial charge in [0.1, 0.15) is 0 Å². The molecule has 0 saturated heterocycles. The van der Waals surface area contributed by atoms with Gasteiger partial charge in [0, 0.05) is 19.1 Å². The Morgan fingerprint density at radius 1 is 1.16 bits per heavy atom. The lowest BCUT2D eigenvalue weighted by molar-refractivity contribution is -0.135. The number of anilines is 1. The van der Waals surface area contributed by atoms with Crippen LogP contribution in [0.15, 0.2) is 55.3 Å². The molecule has 98 valence electrons. The number of hydrogen-bond donors (Lipinski definition) is 0. The maximum absolute atomic E-state index is 11.2. The highest BCUT2D eigenvalue weighted by molar-refractivity contribution is 6.28. The minimum absolute atomic E-state index is 0.281. The number of hydrogen-bond acceptors (Lipinski definition) is 4. The summed E-state index contributed by atoms with van der Waals surface area (Å²) in [7, 11) is 0. The lowest BCUT2D eigenvalue weighted by Crippen LogP contribution is -2.29. The van der Waals surface area contributed by atoms with Crippen LogP contribution in [0.1, 0.15) is 6.92 Å². The van der Waals surface area contributed by atoms with Crippen molar-refractivity contribution in [2.24, 2.45) is 0 Å². The van der Waals surface area contributed by atoms with Gasteiger partial charge in [0.15, 0.2) is 0 Å². The monoisotopic (exact) mass is 259 g/mol. The second-order valence-electron chi connectivity index (χ2n) is 3.46. The van der Waals surface area contributed by atoms with Gasteiger partial charge in [-0.1, -0.05) is 24.8 Å². The summed E-state index contributed by atoms with van der Waals surface area (Å²) in [6, 6.07) is 8.86. The number of rotatable bonds is 2. The number of nitrogens with zero attached hydrogens (tertiary/aromatic N) is 1. The van der Waals surface area contributed by atoms with Crippen molar-refractivity contribution in [1.29, 1.82) is 0 Å². The minimum atomic E-state index is -0.329. The molecule has 0 unspecified atom stereocenters. The van der Waals surface area contributed by atoms with Gasteiger partial charge in [-0.15, -0.1) is 0 Å². The third kappa shape index (κ3) is 4.23. The van der Waals surface area contributed by atoms with Gasteiger partial charge >= 0.3 is 5.97 Å². The van der Waals surface area contributed by atoms with Crippen LogP contribution in [-0.4, -0.2) is 17.8 Å². The highest BCUT2D eigenvalue weighted by Crippen LogP contribution is 2.17. The molecule has 2 rings (SSSR count). The maximum Gasteiger partial charge on any atom is 0.307 e. The Hall–Kier alpha value is -2.69. The maximum atomic E-state index is 11.2. The third-order valence-electron chi connectivity index (χ3n) is 2.07. The molecule has 1 heterocycles. The Morgan fingerprint density at radius 3 is 2.05 bits per heavy atom. The molecule has 0 atom stereocenters. The van der Waals surface area contributed by atoms with E-state index in [0.717, 1.165) is 11.2 Å². The molecule has 0 aliphatic carbocycles.